The van der Waals surface area contributed by atoms with Crippen molar-refractivity contribution in [1.29, 1.82) is 0 Å². The number of carbonyl (C=O) groups excluding carboxylic acids is 1. The van der Waals surface area contributed by atoms with E-state index in [9.17, 15) is 14.9 Å². The average molecular weight is 430 g/mol. The monoisotopic (exact) mass is 429 g/mol. The molecule has 1 aliphatic heterocycles. The molecule has 0 saturated carbocycles. The molecular weight excluding hydrogens is 410 g/mol. The second-order valence-corrected chi connectivity index (χ2v) is 8.48. The van der Waals surface area contributed by atoms with Gasteiger partial charge in [0, 0.05) is 30.9 Å². The zero-order chi connectivity index (χ0) is 20.4. The Morgan fingerprint density at radius 3 is 2.76 bits per heavy atom. The predicted octanol–water partition coefficient (Wildman–Crippen LogP) is 4.56. The lowest BCUT2D eigenvalue weighted by molar-refractivity contribution is -0.384. The Hall–Kier alpha value is -2.72. The SMILES string of the molecule is CSc1nc(N2CCCCC2)c2cc(C(=O)Nc3cccc([N+](=O)[O-])c3)sc2n1. The summed E-state index contributed by atoms with van der Waals surface area (Å²) in [6, 6.07) is 7.72. The van der Waals surface area contributed by atoms with Crippen LogP contribution in [0.1, 0.15) is 28.9 Å². The van der Waals surface area contributed by atoms with Gasteiger partial charge in [-0.15, -0.1) is 11.3 Å². The first-order valence-corrected chi connectivity index (χ1v) is 11.3. The Bertz CT molecular complexity index is 1080. The predicted molar refractivity (Wildman–Crippen MR) is 116 cm³/mol. The number of aromatic nitrogens is 2. The number of nitrogens with zero attached hydrogens (tertiary/aromatic N) is 4. The standard InChI is InChI=1S/C19H19N5O3S2/c1-28-19-21-16(23-8-3-2-4-9-23)14-11-15(29-18(14)22-19)17(25)20-12-6-5-7-13(10-12)24(26)27/h5-7,10-11H,2-4,8-9H2,1H3,(H,20,25). The van der Waals surface area contributed by atoms with Crippen molar-refractivity contribution in [1.82, 2.24) is 9.97 Å². The highest BCUT2D eigenvalue weighted by molar-refractivity contribution is 7.98. The molecule has 0 spiro atoms. The van der Waals surface area contributed by atoms with Crippen molar-refractivity contribution in [2.45, 2.75) is 24.4 Å². The highest BCUT2D eigenvalue weighted by Gasteiger charge is 2.21. The van der Waals surface area contributed by atoms with Gasteiger partial charge in [0.2, 0.25) is 0 Å². The molecule has 8 nitrogen and oxygen atoms in total. The average Bonchev–Trinajstić information content (AvgIpc) is 3.18. The van der Waals surface area contributed by atoms with Crippen molar-refractivity contribution in [2.75, 3.05) is 29.6 Å². The fraction of sp³-hybridized carbons (Fsp3) is 0.316. The molecule has 1 saturated heterocycles. The number of hydrogen-bond acceptors (Lipinski definition) is 8. The number of fused-ring (bicyclic) bond motifs is 1. The number of rotatable bonds is 5. The van der Waals surface area contributed by atoms with Gasteiger partial charge >= 0.3 is 0 Å². The summed E-state index contributed by atoms with van der Waals surface area (Å²) >= 11 is 2.79. The number of anilines is 2. The molecule has 0 atom stereocenters. The van der Waals surface area contributed by atoms with E-state index in [1.54, 1.807) is 12.1 Å². The van der Waals surface area contributed by atoms with Crippen LogP contribution in [-0.2, 0) is 0 Å². The van der Waals surface area contributed by atoms with Crippen LogP contribution in [0, 0.1) is 10.1 Å². The number of nitro benzene ring substituents is 1. The van der Waals surface area contributed by atoms with Crippen LogP contribution in [0.2, 0.25) is 0 Å². The molecule has 1 aromatic carbocycles. The van der Waals surface area contributed by atoms with Crippen LogP contribution in [0.25, 0.3) is 10.2 Å². The third-order valence-corrected chi connectivity index (χ3v) is 6.30. The van der Waals surface area contributed by atoms with Crippen molar-refractivity contribution in [3.63, 3.8) is 0 Å². The molecule has 0 radical (unpaired) electrons. The summed E-state index contributed by atoms with van der Waals surface area (Å²) in [6.45, 7) is 1.90. The zero-order valence-electron chi connectivity index (χ0n) is 15.8. The molecule has 29 heavy (non-hydrogen) atoms. The highest BCUT2D eigenvalue weighted by Crippen LogP contribution is 2.34. The van der Waals surface area contributed by atoms with Gasteiger partial charge in [-0.2, -0.15) is 0 Å². The third kappa shape index (κ3) is 4.18. The van der Waals surface area contributed by atoms with Crippen LogP contribution in [0.15, 0.2) is 35.5 Å². The van der Waals surface area contributed by atoms with Gasteiger partial charge in [-0.1, -0.05) is 17.8 Å². The summed E-state index contributed by atoms with van der Waals surface area (Å²) in [7, 11) is 0. The first kappa shape index (κ1) is 19.6. The molecule has 0 bridgehead atoms. The largest absolute Gasteiger partial charge is 0.356 e. The number of non-ortho nitro benzene ring substituents is 1. The Morgan fingerprint density at radius 1 is 1.24 bits per heavy atom. The smallest absolute Gasteiger partial charge is 0.271 e. The summed E-state index contributed by atoms with van der Waals surface area (Å²) in [5.74, 6) is 0.563. The highest BCUT2D eigenvalue weighted by atomic mass is 32.2. The van der Waals surface area contributed by atoms with Crippen LogP contribution in [0.3, 0.4) is 0 Å². The van der Waals surface area contributed by atoms with E-state index in [0.29, 0.717) is 15.7 Å². The number of nitrogens with one attached hydrogen (secondary N) is 1. The minimum atomic E-state index is -0.487. The minimum absolute atomic E-state index is 0.0676. The van der Waals surface area contributed by atoms with Crippen molar-refractivity contribution in [3.8, 4) is 0 Å². The number of thioether (sulfide) groups is 1. The lowest BCUT2D eigenvalue weighted by Gasteiger charge is -2.28. The van der Waals surface area contributed by atoms with Gasteiger partial charge in [-0.3, -0.25) is 14.9 Å². The second kappa shape index (κ2) is 8.34. The van der Waals surface area contributed by atoms with Gasteiger partial charge in [0.1, 0.15) is 10.6 Å². The number of carbonyl (C=O) groups is 1. The normalized spacial score (nSPS) is 14.2. The molecule has 1 amide bonds. The molecule has 10 heteroatoms. The maximum Gasteiger partial charge on any atom is 0.271 e. The van der Waals surface area contributed by atoms with Crippen LogP contribution in [-0.4, -0.2) is 40.1 Å². The van der Waals surface area contributed by atoms with E-state index in [2.05, 4.69) is 15.2 Å². The summed E-state index contributed by atoms with van der Waals surface area (Å²) in [5, 5.41) is 15.2. The summed E-state index contributed by atoms with van der Waals surface area (Å²) in [6.07, 6.45) is 5.42. The Morgan fingerprint density at radius 2 is 2.03 bits per heavy atom. The van der Waals surface area contributed by atoms with Crippen molar-refractivity contribution >= 4 is 56.4 Å². The second-order valence-electron chi connectivity index (χ2n) is 6.67. The quantitative estimate of drug-likeness (QED) is 0.274. The Kier molecular flexibility index (Phi) is 5.63. The Labute approximate surface area is 175 Å². The van der Waals surface area contributed by atoms with Gasteiger partial charge in [-0.25, -0.2) is 9.97 Å². The lowest BCUT2D eigenvalue weighted by Crippen LogP contribution is -2.30. The van der Waals surface area contributed by atoms with Crippen LogP contribution in [0.5, 0.6) is 0 Å². The number of hydrogen-bond donors (Lipinski definition) is 1. The fourth-order valence-corrected chi connectivity index (χ4v) is 4.67. The molecule has 2 aromatic heterocycles. The van der Waals surface area contributed by atoms with Gasteiger partial charge in [-0.05, 0) is 37.7 Å². The number of benzene rings is 1. The van der Waals surface area contributed by atoms with E-state index in [-0.39, 0.29) is 11.6 Å². The third-order valence-electron chi connectivity index (χ3n) is 4.73. The maximum absolute atomic E-state index is 12.8. The van der Waals surface area contributed by atoms with Gasteiger partial charge < -0.3 is 10.2 Å². The topological polar surface area (TPSA) is 101 Å². The van der Waals surface area contributed by atoms with Gasteiger partial charge in [0.05, 0.1) is 15.2 Å². The first-order chi connectivity index (χ1) is 14.0. The molecule has 1 aliphatic rings. The van der Waals surface area contributed by atoms with E-state index in [1.165, 1.54) is 41.7 Å². The lowest BCUT2D eigenvalue weighted by atomic mass is 10.1. The molecule has 1 N–H and O–H groups in total. The summed E-state index contributed by atoms with van der Waals surface area (Å²) < 4.78 is 0. The van der Waals surface area contributed by atoms with Crippen LogP contribution >= 0.6 is 23.1 Å². The van der Waals surface area contributed by atoms with E-state index in [4.69, 9.17) is 4.98 Å². The molecule has 3 aromatic rings. The Balaban J connectivity index is 1.66. The molecule has 150 valence electrons. The van der Waals surface area contributed by atoms with Crippen LogP contribution in [0.4, 0.5) is 17.2 Å². The summed E-state index contributed by atoms with van der Waals surface area (Å²) in [4.78, 5) is 36.0. The van der Waals surface area contributed by atoms with Crippen molar-refractivity contribution < 1.29 is 9.72 Å². The number of nitro groups is 1. The van der Waals surface area contributed by atoms with E-state index < -0.39 is 4.92 Å². The molecule has 1 fully saturated rings. The van der Waals surface area contributed by atoms with Crippen molar-refractivity contribution in [3.05, 3.63) is 45.3 Å². The number of piperidine rings is 1. The first-order valence-electron chi connectivity index (χ1n) is 9.21. The van der Waals surface area contributed by atoms with E-state index >= 15 is 0 Å². The number of amides is 1. The summed E-state index contributed by atoms with van der Waals surface area (Å²) in [5.41, 5.74) is 0.316. The van der Waals surface area contributed by atoms with Crippen molar-refractivity contribution in [2.24, 2.45) is 0 Å². The molecule has 3 heterocycles. The fourth-order valence-electron chi connectivity index (χ4n) is 3.33. The van der Waals surface area contributed by atoms with Gasteiger partial charge in [0.25, 0.3) is 11.6 Å². The zero-order valence-corrected chi connectivity index (χ0v) is 17.4. The molecule has 4 rings (SSSR count). The minimum Gasteiger partial charge on any atom is -0.356 e. The molecule has 0 aliphatic carbocycles. The van der Waals surface area contributed by atoms with E-state index in [0.717, 1.165) is 42.0 Å². The van der Waals surface area contributed by atoms with Crippen LogP contribution < -0.4 is 10.2 Å². The molecular formula is C19H19N5O3S2. The number of thiophene rings is 1. The maximum atomic E-state index is 12.8. The molecule has 0 unspecified atom stereocenters. The van der Waals surface area contributed by atoms with Gasteiger partial charge in [0.15, 0.2) is 5.16 Å². The van der Waals surface area contributed by atoms with E-state index in [1.807, 2.05) is 12.3 Å².